The molecule has 5 heteroatoms. The van der Waals surface area contributed by atoms with Gasteiger partial charge in [0.05, 0.1) is 21.7 Å². The molecule has 3 nitrogen and oxygen atoms in total. The molecule has 18 heavy (non-hydrogen) atoms. The van der Waals surface area contributed by atoms with Gasteiger partial charge in [0.15, 0.2) is 0 Å². The lowest BCUT2D eigenvalue weighted by Crippen LogP contribution is -2.14. The fourth-order valence-corrected chi connectivity index (χ4v) is 2.21. The fraction of sp³-hybridized carbons (Fsp3) is 0. The van der Waals surface area contributed by atoms with Crippen molar-refractivity contribution in [2.24, 2.45) is 0 Å². The molecule has 0 saturated carbocycles. The number of rotatable bonds is 1. The van der Waals surface area contributed by atoms with Gasteiger partial charge < -0.3 is 4.98 Å². The molecule has 0 bridgehead atoms. The van der Waals surface area contributed by atoms with Crippen molar-refractivity contribution < 1.29 is 4.39 Å². The lowest BCUT2D eigenvalue weighted by atomic mass is 10.2. The molecule has 0 saturated heterocycles. The summed E-state index contributed by atoms with van der Waals surface area (Å²) in [6, 6.07) is 10.9. The van der Waals surface area contributed by atoms with Gasteiger partial charge in [-0.25, -0.2) is 9.18 Å². The van der Waals surface area contributed by atoms with Gasteiger partial charge in [0.25, 0.3) is 0 Å². The van der Waals surface area contributed by atoms with Crippen molar-refractivity contribution in [1.29, 1.82) is 0 Å². The van der Waals surface area contributed by atoms with E-state index in [0.29, 0.717) is 21.7 Å². The minimum atomic E-state index is -0.349. The van der Waals surface area contributed by atoms with Crippen LogP contribution in [0.1, 0.15) is 0 Å². The van der Waals surface area contributed by atoms with Crippen molar-refractivity contribution >= 4 is 22.6 Å². The quantitative estimate of drug-likeness (QED) is 0.719. The van der Waals surface area contributed by atoms with Crippen LogP contribution >= 0.6 is 11.6 Å². The average Bonchev–Trinajstić information content (AvgIpc) is 2.68. The van der Waals surface area contributed by atoms with E-state index in [0.717, 1.165) is 0 Å². The Labute approximate surface area is 106 Å². The third-order valence-electron chi connectivity index (χ3n) is 2.74. The second kappa shape index (κ2) is 3.99. The first-order valence-corrected chi connectivity index (χ1v) is 5.70. The number of H-pyrrole nitrogens is 1. The number of imidazole rings is 1. The van der Waals surface area contributed by atoms with Crippen LogP contribution in [-0.2, 0) is 0 Å². The summed E-state index contributed by atoms with van der Waals surface area (Å²) in [6.07, 6.45) is 0. The maximum atomic E-state index is 12.9. The van der Waals surface area contributed by atoms with Crippen LogP contribution in [0, 0.1) is 5.82 Å². The molecule has 0 spiro atoms. The van der Waals surface area contributed by atoms with Crippen LogP contribution in [0.2, 0.25) is 5.02 Å². The molecule has 0 amide bonds. The molecule has 2 aromatic carbocycles. The SMILES string of the molecule is O=c1[nH]c2cccc(Cl)c2n1-c1ccc(F)cc1. The minimum absolute atomic E-state index is 0.301. The van der Waals surface area contributed by atoms with E-state index >= 15 is 0 Å². The predicted octanol–water partition coefficient (Wildman–Crippen LogP) is 3.11. The van der Waals surface area contributed by atoms with Gasteiger partial charge in [0, 0.05) is 0 Å². The Morgan fingerprint density at radius 1 is 1.11 bits per heavy atom. The monoisotopic (exact) mass is 262 g/mol. The van der Waals surface area contributed by atoms with Crippen LogP contribution in [-0.4, -0.2) is 9.55 Å². The highest BCUT2D eigenvalue weighted by Crippen LogP contribution is 2.23. The van der Waals surface area contributed by atoms with Gasteiger partial charge in [-0.15, -0.1) is 0 Å². The first-order valence-electron chi connectivity index (χ1n) is 5.32. The topological polar surface area (TPSA) is 37.8 Å². The summed E-state index contributed by atoms with van der Waals surface area (Å²) in [5.74, 6) is -0.349. The molecule has 0 aliphatic heterocycles. The molecule has 1 aromatic heterocycles. The molecule has 0 unspecified atom stereocenters. The molecular formula is C13H8ClFN2O. The smallest absolute Gasteiger partial charge is 0.305 e. The molecule has 90 valence electrons. The number of aromatic nitrogens is 2. The summed E-state index contributed by atoms with van der Waals surface area (Å²) >= 11 is 6.10. The van der Waals surface area contributed by atoms with E-state index < -0.39 is 0 Å². The fourth-order valence-electron chi connectivity index (χ4n) is 1.95. The molecule has 1 N–H and O–H groups in total. The van der Waals surface area contributed by atoms with E-state index in [-0.39, 0.29) is 11.5 Å². The maximum absolute atomic E-state index is 12.9. The first-order chi connectivity index (χ1) is 8.66. The molecule has 0 atom stereocenters. The molecular weight excluding hydrogens is 255 g/mol. The summed E-state index contributed by atoms with van der Waals surface area (Å²) in [5, 5.41) is 0.468. The normalized spacial score (nSPS) is 11.0. The van der Waals surface area contributed by atoms with Gasteiger partial charge in [-0.05, 0) is 36.4 Å². The molecule has 0 radical (unpaired) electrons. The van der Waals surface area contributed by atoms with Crippen molar-refractivity contribution in [3.05, 3.63) is 63.8 Å². The van der Waals surface area contributed by atoms with Crippen LogP contribution in [0.25, 0.3) is 16.7 Å². The summed E-state index contributed by atoms with van der Waals surface area (Å²) in [4.78, 5) is 14.6. The van der Waals surface area contributed by atoms with Crippen LogP contribution in [0.4, 0.5) is 4.39 Å². The number of nitrogens with zero attached hydrogens (tertiary/aromatic N) is 1. The van der Waals surface area contributed by atoms with Crippen LogP contribution < -0.4 is 5.69 Å². The second-order valence-corrected chi connectivity index (χ2v) is 4.29. The lowest BCUT2D eigenvalue weighted by Gasteiger charge is -2.04. The van der Waals surface area contributed by atoms with Crippen molar-refractivity contribution in [3.8, 4) is 5.69 Å². The predicted molar refractivity (Wildman–Crippen MR) is 68.9 cm³/mol. The van der Waals surface area contributed by atoms with Gasteiger partial charge in [-0.3, -0.25) is 4.57 Å². The Hall–Kier alpha value is -2.07. The van der Waals surface area contributed by atoms with E-state index in [1.54, 1.807) is 18.2 Å². The van der Waals surface area contributed by atoms with E-state index in [2.05, 4.69) is 4.98 Å². The van der Waals surface area contributed by atoms with E-state index in [9.17, 15) is 9.18 Å². The number of fused-ring (bicyclic) bond motifs is 1. The Bertz CT molecular complexity index is 774. The number of para-hydroxylation sites is 1. The molecule has 0 aliphatic carbocycles. The number of aromatic amines is 1. The highest BCUT2D eigenvalue weighted by atomic mass is 35.5. The van der Waals surface area contributed by atoms with Crippen molar-refractivity contribution in [2.75, 3.05) is 0 Å². The number of hydrogen-bond acceptors (Lipinski definition) is 1. The van der Waals surface area contributed by atoms with E-state index in [4.69, 9.17) is 11.6 Å². The first kappa shape index (κ1) is 11.0. The second-order valence-electron chi connectivity index (χ2n) is 3.88. The standard InChI is InChI=1S/C13H8ClFN2O/c14-10-2-1-3-11-12(10)17(13(18)16-11)9-6-4-8(15)5-7-9/h1-7H,(H,16,18). The Balaban J connectivity index is 2.38. The maximum Gasteiger partial charge on any atom is 0.331 e. The van der Waals surface area contributed by atoms with Crippen molar-refractivity contribution in [1.82, 2.24) is 9.55 Å². The van der Waals surface area contributed by atoms with Gasteiger partial charge >= 0.3 is 5.69 Å². The number of hydrogen-bond donors (Lipinski definition) is 1. The largest absolute Gasteiger partial charge is 0.331 e. The number of benzene rings is 2. The molecule has 3 aromatic rings. The molecule has 0 aliphatic rings. The Morgan fingerprint density at radius 2 is 1.83 bits per heavy atom. The summed E-state index contributed by atoms with van der Waals surface area (Å²) < 4.78 is 14.3. The van der Waals surface area contributed by atoms with Gasteiger partial charge in [0.2, 0.25) is 0 Å². The highest BCUT2D eigenvalue weighted by molar-refractivity contribution is 6.35. The molecule has 1 heterocycles. The lowest BCUT2D eigenvalue weighted by molar-refractivity contribution is 0.627. The van der Waals surface area contributed by atoms with Crippen LogP contribution in [0.5, 0.6) is 0 Å². The number of halogens is 2. The Morgan fingerprint density at radius 3 is 2.56 bits per heavy atom. The third-order valence-corrected chi connectivity index (χ3v) is 3.04. The minimum Gasteiger partial charge on any atom is -0.305 e. The zero-order chi connectivity index (χ0) is 12.7. The van der Waals surface area contributed by atoms with Crippen LogP contribution in [0.15, 0.2) is 47.3 Å². The van der Waals surface area contributed by atoms with Gasteiger partial charge in [-0.1, -0.05) is 17.7 Å². The van der Waals surface area contributed by atoms with Gasteiger partial charge in [0.1, 0.15) is 5.82 Å². The zero-order valence-electron chi connectivity index (χ0n) is 9.15. The van der Waals surface area contributed by atoms with E-state index in [1.165, 1.54) is 28.8 Å². The summed E-state index contributed by atoms with van der Waals surface area (Å²) in [7, 11) is 0. The van der Waals surface area contributed by atoms with Gasteiger partial charge in [-0.2, -0.15) is 0 Å². The van der Waals surface area contributed by atoms with Crippen molar-refractivity contribution in [2.45, 2.75) is 0 Å². The summed E-state index contributed by atoms with van der Waals surface area (Å²) in [5.41, 5.74) is 1.51. The highest BCUT2D eigenvalue weighted by Gasteiger charge is 2.11. The van der Waals surface area contributed by atoms with Crippen LogP contribution in [0.3, 0.4) is 0 Å². The van der Waals surface area contributed by atoms with Crippen molar-refractivity contribution in [3.63, 3.8) is 0 Å². The number of nitrogens with one attached hydrogen (secondary N) is 1. The summed E-state index contributed by atoms with van der Waals surface area (Å²) in [6.45, 7) is 0. The zero-order valence-corrected chi connectivity index (χ0v) is 9.91. The Kier molecular flexibility index (Phi) is 2.45. The average molecular weight is 263 g/mol. The molecule has 3 rings (SSSR count). The van der Waals surface area contributed by atoms with E-state index in [1.807, 2.05) is 0 Å². The molecule has 0 fully saturated rings. The third kappa shape index (κ3) is 1.62.